The van der Waals surface area contributed by atoms with E-state index in [0.29, 0.717) is 0 Å². The van der Waals surface area contributed by atoms with Crippen LogP contribution in [-0.2, 0) is 6.42 Å². The predicted octanol–water partition coefficient (Wildman–Crippen LogP) is 3.32. The Hall–Kier alpha value is -1.62. The van der Waals surface area contributed by atoms with Crippen molar-refractivity contribution in [2.24, 2.45) is 0 Å². The van der Waals surface area contributed by atoms with Crippen molar-refractivity contribution in [1.29, 1.82) is 0 Å². The molecule has 0 amide bonds. The quantitative estimate of drug-likeness (QED) is 0.814. The van der Waals surface area contributed by atoms with Crippen molar-refractivity contribution in [3.05, 3.63) is 34.3 Å². The molecule has 2 heterocycles. The molecular formula is C14H20N4S. The molecule has 0 spiro atoms. The summed E-state index contributed by atoms with van der Waals surface area (Å²) >= 11 is 1.70. The lowest BCUT2D eigenvalue weighted by atomic mass is 10.3. The Balaban J connectivity index is 1.82. The van der Waals surface area contributed by atoms with Crippen molar-refractivity contribution in [3.63, 3.8) is 0 Å². The molecule has 0 aliphatic carbocycles. The van der Waals surface area contributed by atoms with Crippen molar-refractivity contribution < 1.29 is 0 Å². The maximum atomic E-state index is 4.51. The van der Waals surface area contributed by atoms with Crippen molar-refractivity contribution in [3.8, 4) is 0 Å². The Bertz CT molecular complexity index is 510. The largest absolute Gasteiger partial charge is 0.370 e. The van der Waals surface area contributed by atoms with E-state index in [0.717, 1.165) is 48.3 Å². The molecule has 0 saturated carbocycles. The van der Waals surface area contributed by atoms with Gasteiger partial charge in [0, 0.05) is 24.9 Å². The monoisotopic (exact) mass is 276 g/mol. The Kier molecular flexibility index (Phi) is 5.15. The highest BCUT2D eigenvalue weighted by Gasteiger charge is 1.99. The summed E-state index contributed by atoms with van der Waals surface area (Å²) in [7, 11) is 0. The second-order valence-electron chi connectivity index (χ2n) is 4.37. The molecule has 0 aromatic carbocycles. The third kappa shape index (κ3) is 4.52. The molecule has 2 aromatic heterocycles. The molecule has 2 aromatic rings. The van der Waals surface area contributed by atoms with Crippen LogP contribution in [0.15, 0.2) is 23.6 Å². The standard InChI is InChI=1S/C14H20N4S/c1-3-8-15-13-5-4-6-14(18-13)16-9-7-12-10-19-11(2)17-12/h4-6,10H,3,7-9H2,1-2H3,(H2,15,16,18). The molecule has 0 radical (unpaired) electrons. The van der Waals surface area contributed by atoms with E-state index in [1.54, 1.807) is 11.3 Å². The minimum Gasteiger partial charge on any atom is -0.370 e. The fraction of sp³-hybridized carbons (Fsp3) is 0.429. The summed E-state index contributed by atoms with van der Waals surface area (Å²) in [6.45, 7) is 5.99. The molecule has 4 nitrogen and oxygen atoms in total. The van der Waals surface area contributed by atoms with Crippen LogP contribution in [0, 0.1) is 6.92 Å². The summed E-state index contributed by atoms with van der Waals surface area (Å²) in [5.41, 5.74) is 1.15. The number of aromatic nitrogens is 2. The van der Waals surface area contributed by atoms with Crippen LogP contribution in [0.2, 0.25) is 0 Å². The highest BCUT2D eigenvalue weighted by Crippen LogP contribution is 2.11. The minimum absolute atomic E-state index is 0.855. The van der Waals surface area contributed by atoms with Gasteiger partial charge in [0.15, 0.2) is 0 Å². The summed E-state index contributed by atoms with van der Waals surface area (Å²) in [6, 6.07) is 5.99. The van der Waals surface area contributed by atoms with Gasteiger partial charge in [-0.2, -0.15) is 0 Å². The van der Waals surface area contributed by atoms with Crippen molar-refractivity contribution in [2.45, 2.75) is 26.7 Å². The van der Waals surface area contributed by atoms with Crippen LogP contribution in [0.25, 0.3) is 0 Å². The second-order valence-corrected chi connectivity index (χ2v) is 5.43. The molecule has 0 aliphatic rings. The highest BCUT2D eigenvalue weighted by atomic mass is 32.1. The fourth-order valence-electron chi connectivity index (χ4n) is 1.73. The molecule has 0 aliphatic heterocycles. The first-order valence-corrected chi connectivity index (χ1v) is 7.51. The summed E-state index contributed by atoms with van der Waals surface area (Å²) in [5, 5.41) is 9.86. The summed E-state index contributed by atoms with van der Waals surface area (Å²) in [4.78, 5) is 8.95. The van der Waals surface area contributed by atoms with Crippen LogP contribution in [-0.4, -0.2) is 23.1 Å². The smallest absolute Gasteiger partial charge is 0.128 e. The number of hydrogen-bond donors (Lipinski definition) is 2. The van der Waals surface area contributed by atoms with E-state index < -0.39 is 0 Å². The number of rotatable bonds is 7. The van der Waals surface area contributed by atoms with Crippen LogP contribution in [0.3, 0.4) is 0 Å². The number of hydrogen-bond acceptors (Lipinski definition) is 5. The van der Waals surface area contributed by atoms with Gasteiger partial charge in [0.25, 0.3) is 0 Å². The zero-order valence-electron chi connectivity index (χ0n) is 11.4. The number of pyridine rings is 1. The predicted molar refractivity (Wildman–Crippen MR) is 82.1 cm³/mol. The fourth-order valence-corrected chi connectivity index (χ4v) is 2.37. The Morgan fingerprint density at radius 3 is 2.47 bits per heavy atom. The van der Waals surface area contributed by atoms with E-state index in [9.17, 15) is 0 Å². The van der Waals surface area contributed by atoms with E-state index in [1.165, 1.54) is 0 Å². The number of nitrogens with one attached hydrogen (secondary N) is 2. The van der Waals surface area contributed by atoms with E-state index >= 15 is 0 Å². The molecule has 0 atom stereocenters. The molecular weight excluding hydrogens is 256 g/mol. The van der Waals surface area contributed by atoms with E-state index in [-0.39, 0.29) is 0 Å². The van der Waals surface area contributed by atoms with E-state index in [1.807, 2.05) is 25.1 Å². The Labute approximate surface area is 118 Å². The topological polar surface area (TPSA) is 49.8 Å². The average Bonchev–Trinajstić information content (AvgIpc) is 2.83. The number of anilines is 2. The lowest BCUT2D eigenvalue weighted by Crippen LogP contribution is -2.08. The lowest BCUT2D eigenvalue weighted by Gasteiger charge is -2.08. The highest BCUT2D eigenvalue weighted by molar-refractivity contribution is 7.09. The number of nitrogens with zero attached hydrogens (tertiary/aromatic N) is 2. The van der Waals surface area contributed by atoms with Gasteiger partial charge in [-0.1, -0.05) is 13.0 Å². The zero-order chi connectivity index (χ0) is 13.5. The van der Waals surface area contributed by atoms with Gasteiger partial charge in [0.2, 0.25) is 0 Å². The van der Waals surface area contributed by atoms with Gasteiger partial charge < -0.3 is 10.6 Å². The molecule has 2 rings (SSSR count). The SMILES string of the molecule is CCCNc1cccc(NCCc2csc(C)n2)n1. The van der Waals surface area contributed by atoms with Crippen molar-refractivity contribution in [1.82, 2.24) is 9.97 Å². The van der Waals surface area contributed by atoms with Crippen LogP contribution in [0.1, 0.15) is 24.0 Å². The van der Waals surface area contributed by atoms with Gasteiger partial charge in [0.05, 0.1) is 10.7 Å². The Morgan fingerprint density at radius 1 is 1.11 bits per heavy atom. The summed E-state index contributed by atoms with van der Waals surface area (Å²) < 4.78 is 0. The van der Waals surface area contributed by atoms with Gasteiger partial charge in [-0.05, 0) is 25.5 Å². The van der Waals surface area contributed by atoms with Crippen molar-refractivity contribution >= 4 is 23.0 Å². The molecule has 0 unspecified atom stereocenters. The second kappa shape index (κ2) is 7.09. The van der Waals surface area contributed by atoms with Gasteiger partial charge in [-0.25, -0.2) is 9.97 Å². The number of thiazole rings is 1. The van der Waals surface area contributed by atoms with Crippen LogP contribution < -0.4 is 10.6 Å². The van der Waals surface area contributed by atoms with Crippen LogP contribution >= 0.6 is 11.3 Å². The van der Waals surface area contributed by atoms with Gasteiger partial charge in [0.1, 0.15) is 11.6 Å². The molecule has 2 N–H and O–H groups in total. The molecule has 5 heteroatoms. The Morgan fingerprint density at radius 2 is 1.84 bits per heavy atom. The first-order valence-electron chi connectivity index (χ1n) is 6.63. The summed E-state index contributed by atoms with van der Waals surface area (Å²) in [6.07, 6.45) is 2.03. The normalized spacial score (nSPS) is 10.4. The average molecular weight is 276 g/mol. The zero-order valence-corrected chi connectivity index (χ0v) is 12.3. The maximum absolute atomic E-state index is 4.51. The molecule has 0 saturated heterocycles. The third-order valence-corrected chi connectivity index (χ3v) is 3.48. The number of aryl methyl sites for hydroxylation is 1. The molecule has 0 bridgehead atoms. The van der Waals surface area contributed by atoms with Gasteiger partial charge in [-0.3, -0.25) is 0 Å². The lowest BCUT2D eigenvalue weighted by molar-refractivity contribution is 0.952. The van der Waals surface area contributed by atoms with Gasteiger partial charge in [-0.15, -0.1) is 11.3 Å². The third-order valence-electron chi connectivity index (χ3n) is 2.66. The maximum Gasteiger partial charge on any atom is 0.128 e. The van der Waals surface area contributed by atoms with Crippen molar-refractivity contribution in [2.75, 3.05) is 23.7 Å². The van der Waals surface area contributed by atoms with E-state index in [4.69, 9.17) is 0 Å². The minimum atomic E-state index is 0.855. The van der Waals surface area contributed by atoms with Gasteiger partial charge >= 0.3 is 0 Å². The van der Waals surface area contributed by atoms with Crippen LogP contribution in [0.4, 0.5) is 11.6 Å². The first-order chi connectivity index (χ1) is 9.28. The first kappa shape index (κ1) is 13.8. The molecule has 102 valence electrons. The summed E-state index contributed by atoms with van der Waals surface area (Å²) in [5.74, 6) is 1.84. The van der Waals surface area contributed by atoms with Crippen LogP contribution in [0.5, 0.6) is 0 Å². The molecule has 0 fully saturated rings. The van der Waals surface area contributed by atoms with E-state index in [2.05, 4.69) is 32.9 Å². The molecule has 19 heavy (non-hydrogen) atoms.